The molecule has 0 rings (SSSR count). The molecular weight excluding hydrogens is 174 g/mol. The highest BCUT2D eigenvalue weighted by atomic mass is 16.5. The minimum absolute atomic E-state index is 0.0651. The van der Waals surface area contributed by atoms with E-state index >= 15 is 0 Å². The second kappa shape index (κ2) is 4.48. The number of esters is 1. The van der Waals surface area contributed by atoms with Crippen LogP contribution in [0.25, 0.3) is 0 Å². The number of carboxylic acids is 1. The SMILES string of the molecule is C#CCC(N)(C(=O)O)C(=O)OCC. The molecule has 3 N–H and O–H groups in total. The molecule has 0 amide bonds. The number of nitrogens with two attached hydrogens (primary N) is 1. The van der Waals surface area contributed by atoms with Crippen LogP contribution in [0, 0.1) is 12.3 Å². The molecule has 0 aliphatic carbocycles. The third-order valence-corrected chi connectivity index (χ3v) is 1.40. The quantitative estimate of drug-likeness (QED) is 0.345. The highest BCUT2D eigenvalue weighted by molar-refractivity contribution is 6.04. The van der Waals surface area contributed by atoms with Gasteiger partial charge in [0.15, 0.2) is 0 Å². The van der Waals surface area contributed by atoms with Crippen molar-refractivity contribution in [3.8, 4) is 12.3 Å². The molecule has 13 heavy (non-hydrogen) atoms. The molecule has 0 aromatic heterocycles. The lowest BCUT2D eigenvalue weighted by Crippen LogP contribution is -2.55. The minimum Gasteiger partial charge on any atom is -0.479 e. The Morgan fingerprint density at radius 3 is 2.54 bits per heavy atom. The van der Waals surface area contributed by atoms with Crippen LogP contribution in [-0.4, -0.2) is 29.2 Å². The Labute approximate surface area is 75.9 Å². The maximum absolute atomic E-state index is 11.1. The summed E-state index contributed by atoms with van der Waals surface area (Å²) in [7, 11) is 0. The van der Waals surface area contributed by atoms with Gasteiger partial charge in [0.1, 0.15) is 0 Å². The molecule has 5 nitrogen and oxygen atoms in total. The monoisotopic (exact) mass is 185 g/mol. The second-order valence-corrected chi connectivity index (χ2v) is 2.38. The predicted molar refractivity (Wildman–Crippen MR) is 44.6 cm³/mol. The van der Waals surface area contributed by atoms with Gasteiger partial charge in [-0.3, -0.25) is 0 Å². The van der Waals surface area contributed by atoms with Crippen molar-refractivity contribution in [1.29, 1.82) is 0 Å². The number of hydrogen-bond acceptors (Lipinski definition) is 4. The van der Waals surface area contributed by atoms with Gasteiger partial charge in [-0.2, -0.15) is 0 Å². The maximum atomic E-state index is 11.1. The predicted octanol–water partition coefficient (Wildman–Crippen LogP) is -0.645. The van der Waals surface area contributed by atoms with Gasteiger partial charge >= 0.3 is 11.9 Å². The van der Waals surface area contributed by atoms with Crippen LogP contribution in [0.2, 0.25) is 0 Å². The summed E-state index contributed by atoms with van der Waals surface area (Å²) < 4.78 is 4.48. The van der Waals surface area contributed by atoms with Crippen molar-refractivity contribution in [2.75, 3.05) is 6.61 Å². The summed E-state index contributed by atoms with van der Waals surface area (Å²) in [6.07, 6.45) is 4.50. The number of carbonyl (C=O) groups excluding carboxylic acids is 1. The highest BCUT2D eigenvalue weighted by Crippen LogP contribution is 2.08. The van der Waals surface area contributed by atoms with E-state index in [4.69, 9.17) is 17.3 Å². The van der Waals surface area contributed by atoms with Crippen LogP contribution in [0.5, 0.6) is 0 Å². The fourth-order valence-electron chi connectivity index (χ4n) is 0.656. The molecule has 1 atom stereocenters. The van der Waals surface area contributed by atoms with Crippen LogP contribution in [0.15, 0.2) is 0 Å². The Hall–Kier alpha value is -1.54. The zero-order valence-corrected chi connectivity index (χ0v) is 7.24. The van der Waals surface area contributed by atoms with Crippen molar-refractivity contribution >= 4 is 11.9 Å². The lowest BCUT2D eigenvalue weighted by Gasteiger charge is -2.19. The smallest absolute Gasteiger partial charge is 0.338 e. The van der Waals surface area contributed by atoms with E-state index in [1.54, 1.807) is 6.92 Å². The van der Waals surface area contributed by atoms with Crippen molar-refractivity contribution in [3.05, 3.63) is 0 Å². The molecule has 0 saturated carbocycles. The normalized spacial score (nSPS) is 13.9. The van der Waals surface area contributed by atoms with Crippen LogP contribution in [-0.2, 0) is 14.3 Å². The Bertz CT molecular complexity index is 255. The van der Waals surface area contributed by atoms with Gasteiger partial charge in [0.05, 0.1) is 6.61 Å². The van der Waals surface area contributed by atoms with Crippen LogP contribution >= 0.6 is 0 Å². The third kappa shape index (κ3) is 2.46. The minimum atomic E-state index is -2.12. The summed E-state index contributed by atoms with van der Waals surface area (Å²) in [6.45, 7) is 1.62. The van der Waals surface area contributed by atoms with E-state index in [-0.39, 0.29) is 13.0 Å². The fraction of sp³-hybridized carbons (Fsp3) is 0.500. The number of hydrogen-bond donors (Lipinski definition) is 2. The summed E-state index contributed by atoms with van der Waals surface area (Å²) in [5, 5.41) is 8.64. The first kappa shape index (κ1) is 11.5. The van der Waals surface area contributed by atoms with E-state index in [0.29, 0.717) is 0 Å². The molecule has 0 aliphatic rings. The number of carbonyl (C=O) groups is 2. The number of terminal acetylenes is 1. The molecule has 0 aliphatic heterocycles. The van der Waals surface area contributed by atoms with Crippen LogP contribution in [0.4, 0.5) is 0 Å². The zero-order chi connectivity index (χ0) is 10.5. The summed E-state index contributed by atoms with van der Waals surface area (Å²) in [6, 6.07) is 0. The van der Waals surface area contributed by atoms with Crippen molar-refractivity contribution in [2.45, 2.75) is 18.9 Å². The number of ether oxygens (including phenoxy) is 1. The molecule has 0 radical (unpaired) electrons. The molecule has 1 unspecified atom stereocenters. The van der Waals surface area contributed by atoms with Gasteiger partial charge in [0.25, 0.3) is 0 Å². The van der Waals surface area contributed by atoms with Gasteiger partial charge in [-0.15, -0.1) is 12.3 Å². The first-order valence-corrected chi connectivity index (χ1v) is 3.62. The lowest BCUT2D eigenvalue weighted by molar-refractivity contribution is -0.160. The zero-order valence-electron chi connectivity index (χ0n) is 7.24. The van der Waals surface area contributed by atoms with Crippen molar-refractivity contribution < 1.29 is 19.4 Å². The first-order chi connectivity index (χ1) is 5.99. The lowest BCUT2D eigenvalue weighted by atomic mass is 9.97. The average molecular weight is 185 g/mol. The van der Waals surface area contributed by atoms with E-state index in [2.05, 4.69) is 4.74 Å². The molecular formula is C8H11NO4. The maximum Gasteiger partial charge on any atom is 0.338 e. The molecule has 72 valence electrons. The van der Waals surface area contributed by atoms with Crippen molar-refractivity contribution in [1.82, 2.24) is 0 Å². The molecule has 0 bridgehead atoms. The number of carboxylic acid groups (broad SMARTS) is 1. The van der Waals surface area contributed by atoms with Crippen LogP contribution in [0.1, 0.15) is 13.3 Å². The van der Waals surface area contributed by atoms with E-state index in [9.17, 15) is 9.59 Å². The average Bonchev–Trinajstić information content (AvgIpc) is 2.04. The Kier molecular flexibility index (Phi) is 3.95. The topological polar surface area (TPSA) is 89.6 Å². The van der Waals surface area contributed by atoms with E-state index in [1.165, 1.54) is 0 Å². The van der Waals surface area contributed by atoms with Crippen LogP contribution in [0.3, 0.4) is 0 Å². The van der Waals surface area contributed by atoms with E-state index in [0.717, 1.165) is 0 Å². The largest absolute Gasteiger partial charge is 0.479 e. The van der Waals surface area contributed by atoms with Gasteiger partial charge in [0, 0.05) is 6.42 Å². The molecule has 5 heteroatoms. The standard InChI is InChI=1S/C8H11NO4/c1-3-5-8(9,6(10)11)7(12)13-4-2/h1H,4-5,9H2,2H3,(H,10,11). The Morgan fingerprint density at radius 1 is 1.69 bits per heavy atom. The molecule has 0 aromatic carbocycles. The summed E-state index contributed by atoms with van der Waals surface area (Å²) in [5.41, 5.74) is 3.14. The van der Waals surface area contributed by atoms with Gasteiger partial charge in [0.2, 0.25) is 5.54 Å². The summed E-state index contributed by atoms with van der Waals surface area (Å²) in [4.78, 5) is 21.7. The van der Waals surface area contributed by atoms with Gasteiger partial charge in [-0.25, -0.2) is 9.59 Å². The third-order valence-electron chi connectivity index (χ3n) is 1.40. The summed E-state index contributed by atoms with van der Waals surface area (Å²) >= 11 is 0. The molecule has 0 fully saturated rings. The van der Waals surface area contributed by atoms with Gasteiger partial charge in [-0.1, -0.05) is 0 Å². The highest BCUT2D eigenvalue weighted by Gasteiger charge is 2.43. The number of rotatable bonds is 4. The molecule has 0 aromatic rings. The number of aliphatic carboxylic acids is 1. The molecule has 0 heterocycles. The fourth-order valence-corrected chi connectivity index (χ4v) is 0.656. The van der Waals surface area contributed by atoms with Gasteiger partial charge in [-0.05, 0) is 6.92 Å². The molecule has 0 saturated heterocycles. The van der Waals surface area contributed by atoms with E-state index in [1.807, 2.05) is 5.92 Å². The van der Waals surface area contributed by atoms with Crippen molar-refractivity contribution in [3.63, 3.8) is 0 Å². The second-order valence-electron chi connectivity index (χ2n) is 2.38. The summed E-state index contributed by atoms with van der Waals surface area (Å²) in [5.74, 6) is -0.474. The Morgan fingerprint density at radius 2 is 2.23 bits per heavy atom. The molecule has 0 spiro atoms. The van der Waals surface area contributed by atoms with Gasteiger partial charge < -0.3 is 15.6 Å². The van der Waals surface area contributed by atoms with Crippen LogP contribution < -0.4 is 5.73 Å². The van der Waals surface area contributed by atoms with Crippen molar-refractivity contribution in [2.24, 2.45) is 5.73 Å². The Balaban J connectivity index is 4.70. The first-order valence-electron chi connectivity index (χ1n) is 3.62. The van der Waals surface area contributed by atoms with E-state index < -0.39 is 17.5 Å².